The number of carbonyl (C=O) groups is 4. The van der Waals surface area contributed by atoms with Gasteiger partial charge in [0, 0.05) is 48.0 Å². The van der Waals surface area contributed by atoms with Gasteiger partial charge < -0.3 is 20.8 Å². The number of nitrogen functional groups attached to an aromatic ring is 1. The van der Waals surface area contributed by atoms with E-state index >= 15 is 0 Å². The standard InChI is InChI=1S/C26H28FN3O2S.C4H4O4/c1-18-12-17-33-26(18)30(25(32)21-4-8-23(28)9-5-21)16-15-29-13-10-20(11-14-29)24(31)19-2-6-22(27)7-3-19;5-3(6)1-2-4(7)8/h2-9,12,17,20H,10-11,13-16,28H2,1H3;1-2H,(H,5,6)(H,7,8). The summed E-state index contributed by atoms with van der Waals surface area (Å²) in [6.45, 7) is 4.91. The molecule has 0 spiro atoms. The van der Waals surface area contributed by atoms with Crippen molar-refractivity contribution in [3.05, 3.63) is 94.6 Å². The van der Waals surface area contributed by atoms with Crippen molar-refractivity contribution in [2.24, 2.45) is 5.92 Å². The summed E-state index contributed by atoms with van der Waals surface area (Å²) in [4.78, 5) is 49.3. The molecule has 0 atom stereocenters. The number of hydrogen-bond donors (Lipinski definition) is 3. The van der Waals surface area contributed by atoms with E-state index in [0.29, 0.717) is 35.5 Å². The van der Waals surface area contributed by atoms with Crippen LogP contribution in [0.15, 0.2) is 72.1 Å². The number of carboxylic acids is 2. The Hall–Kier alpha value is -4.35. The Bertz CT molecular complexity index is 1360. The number of rotatable bonds is 9. The molecule has 1 fully saturated rings. The fourth-order valence-corrected chi connectivity index (χ4v) is 5.33. The van der Waals surface area contributed by atoms with Crippen molar-refractivity contribution in [1.82, 2.24) is 4.90 Å². The average molecular weight is 582 g/mol. The second-order valence-corrected chi connectivity index (χ2v) is 10.4. The van der Waals surface area contributed by atoms with Crippen LogP contribution in [0.1, 0.15) is 39.1 Å². The highest BCUT2D eigenvalue weighted by Crippen LogP contribution is 2.29. The van der Waals surface area contributed by atoms with Crippen LogP contribution in [0.25, 0.3) is 0 Å². The summed E-state index contributed by atoms with van der Waals surface area (Å²) >= 11 is 1.56. The minimum Gasteiger partial charge on any atom is -0.478 e. The van der Waals surface area contributed by atoms with Gasteiger partial charge in [-0.05, 0) is 98.4 Å². The van der Waals surface area contributed by atoms with Crippen molar-refractivity contribution in [2.75, 3.05) is 36.8 Å². The molecule has 9 nitrogen and oxygen atoms in total. The third-order valence-electron chi connectivity index (χ3n) is 6.58. The van der Waals surface area contributed by atoms with Crippen LogP contribution in [-0.4, -0.2) is 64.9 Å². The molecule has 2 heterocycles. The summed E-state index contributed by atoms with van der Waals surface area (Å²) in [5.41, 5.74) is 8.67. The Labute approximate surface area is 241 Å². The number of piperidine rings is 1. The lowest BCUT2D eigenvalue weighted by molar-refractivity contribution is -0.134. The second kappa shape index (κ2) is 14.9. The summed E-state index contributed by atoms with van der Waals surface area (Å²) < 4.78 is 13.2. The molecule has 11 heteroatoms. The number of nitrogens with zero attached hydrogens (tertiary/aromatic N) is 2. The monoisotopic (exact) mass is 581 g/mol. The molecule has 4 N–H and O–H groups in total. The lowest BCUT2D eigenvalue weighted by atomic mass is 9.89. The molecule has 1 aliphatic rings. The minimum absolute atomic E-state index is 0.0399. The zero-order chi connectivity index (χ0) is 29.9. The van der Waals surface area contributed by atoms with Crippen molar-refractivity contribution < 1.29 is 33.8 Å². The van der Waals surface area contributed by atoms with Gasteiger partial charge in [-0.2, -0.15) is 0 Å². The van der Waals surface area contributed by atoms with Gasteiger partial charge in [-0.15, -0.1) is 11.3 Å². The smallest absolute Gasteiger partial charge is 0.328 e. The molecule has 0 radical (unpaired) electrons. The van der Waals surface area contributed by atoms with E-state index in [9.17, 15) is 23.6 Å². The van der Waals surface area contributed by atoms with Crippen LogP contribution in [0, 0.1) is 18.7 Å². The molecule has 216 valence electrons. The summed E-state index contributed by atoms with van der Waals surface area (Å²) in [7, 11) is 0. The molecular weight excluding hydrogens is 549 g/mol. The zero-order valence-electron chi connectivity index (χ0n) is 22.5. The lowest BCUT2D eigenvalue weighted by Crippen LogP contribution is -2.42. The predicted octanol–water partition coefficient (Wildman–Crippen LogP) is 4.73. The average Bonchev–Trinajstić information content (AvgIpc) is 3.38. The number of carboxylic acid groups (broad SMARTS) is 2. The van der Waals surface area contributed by atoms with Gasteiger partial charge in [0.1, 0.15) is 10.8 Å². The number of nitrogens with two attached hydrogens (primary N) is 1. The number of halogens is 1. The van der Waals surface area contributed by atoms with Crippen LogP contribution in [0.5, 0.6) is 0 Å². The van der Waals surface area contributed by atoms with Crippen molar-refractivity contribution in [1.29, 1.82) is 0 Å². The van der Waals surface area contributed by atoms with Crippen LogP contribution in [0.2, 0.25) is 0 Å². The van der Waals surface area contributed by atoms with Crippen molar-refractivity contribution in [3.8, 4) is 0 Å². The lowest BCUT2D eigenvalue weighted by Gasteiger charge is -2.33. The molecule has 1 saturated heterocycles. The third-order valence-corrected chi connectivity index (χ3v) is 7.62. The normalized spacial score (nSPS) is 13.8. The molecule has 1 amide bonds. The molecule has 0 saturated carbocycles. The number of benzene rings is 2. The van der Waals surface area contributed by atoms with E-state index in [1.54, 1.807) is 47.7 Å². The van der Waals surface area contributed by atoms with Crippen molar-refractivity contribution in [2.45, 2.75) is 19.8 Å². The number of thiophene rings is 1. The summed E-state index contributed by atoms with van der Waals surface area (Å²) in [6.07, 6.45) is 2.64. The molecule has 0 bridgehead atoms. The maximum Gasteiger partial charge on any atom is 0.328 e. The Morgan fingerprint density at radius 1 is 0.951 bits per heavy atom. The van der Waals surface area contributed by atoms with Gasteiger partial charge in [-0.25, -0.2) is 14.0 Å². The minimum atomic E-state index is -1.26. The Morgan fingerprint density at radius 2 is 1.51 bits per heavy atom. The molecule has 0 aliphatic carbocycles. The first-order valence-corrected chi connectivity index (χ1v) is 13.8. The van der Waals surface area contributed by atoms with Gasteiger partial charge in [0.25, 0.3) is 5.91 Å². The molecular formula is C30H32FN3O6S. The summed E-state index contributed by atoms with van der Waals surface area (Å²) in [6, 6.07) is 14.8. The SMILES string of the molecule is Cc1ccsc1N(CCN1CCC(C(=O)c2ccc(F)cc2)CC1)C(=O)c1ccc(N)cc1.O=C(O)C=CC(=O)O. The van der Waals surface area contributed by atoms with Crippen LogP contribution in [-0.2, 0) is 9.59 Å². The fraction of sp³-hybridized carbons (Fsp3) is 0.267. The van der Waals surface area contributed by atoms with Crippen molar-refractivity contribution >= 4 is 45.7 Å². The topological polar surface area (TPSA) is 141 Å². The molecule has 1 aromatic heterocycles. The predicted molar refractivity (Wildman–Crippen MR) is 156 cm³/mol. The molecule has 3 aromatic rings. The number of likely N-dealkylation sites (tertiary alicyclic amines) is 1. The van der Waals surface area contributed by atoms with E-state index in [4.69, 9.17) is 15.9 Å². The molecule has 4 rings (SSSR count). The van der Waals surface area contributed by atoms with E-state index in [0.717, 1.165) is 43.0 Å². The van der Waals surface area contributed by atoms with Crippen molar-refractivity contribution in [3.63, 3.8) is 0 Å². The molecule has 41 heavy (non-hydrogen) atoms. The van der Waals surface area contributed by atoms with Gasteiger partial charge >= 0.3 is 11.9 Å². The number of hydrogen-bond acceptors (Lipinski definition) is 7. The van der Waals surface area contributed by atoms with Gasteiger partial charge in [0.2, 0.25) is 0 Å². The first-order chi connectivity index (χ1) is 19.5. The Morgan fingerprint density at radius 3 is 2.02 bits per heavy atom. The highest BCUT2D eigenvalue weighted by Gasteiger charge is 2.27. The highest BCUT2D eigenvalue weighted by atomic mass is 32.1. The Balaban J connectivity index is 0.000000507. The van der Waals surface area contributed by atoms with E-state index < -0.39 is 11.9 Å². The van der Waals surface area contributed by atoms with Gasteiger partial charge in [0.15, 0.2) is 5.78 Å². The summed E-state index contributed by atoms with van der Waals surface area (Å²) in [5, 5.41) is 18.6. The number of amides is 1. The van der Waals surface area contributed by atoms with Gasteiger partial charge in [-0.1, -0.05) is 0 Å². The quantitative estimate of drug-likeness (QED) is 0.187. The van der Waals surface area contributed by atoms with Crippen LogP contribution < -0.4 is 10.6 Å². The van der Waals surface area contributed by atoms with E-state index in [2.05, 4.69) is 4.90 Å². The third kappa shape index (κ3) is 9.37. The maximum atomic E-state index is 13.3. The highest BCUT2D eigenvalue weighted by molar-refractivity contribution is 7.14. The summed E-state index contributed by atoms with van der Waals surface area (Å²) in [5.74, 6) is -2.84. The van der Waals surface area contributed by atoms with Gasteiger partial charge in [0.05, 0.1) is 0 Å². The fourth-order valence-electron chi connectivity index (χ4n) is 4.37. The second-order valence-electron chi connectivity index (χ2n) is 9.48. The largest absolute Gasteiger partial charge is 0.478 e. The van der Waals surface area contributed by atoms with E-state index in [-0.39, 0.29) is 23.4 Å². The van der Waals surface area contributed by atoms with E-state index in [1.165, 1.54) is 12.1 Å². The van der Waals surface area contributed by atoms with Crippen LogP contribution in [0.4, 0.5) is 15.1 Å². The molecule has 2 aromatic carbocycles. The number of Topliss-reactive ketones (excluding diaryl/α,β-unsaturated/α-hetero) is 1. The maximum absolute atomic E-state index is 13.3. The number of aryl methyl sites for hydroxylation is 1. The number of anilines is 2. The molecule has 1 aliphatic heterocycles. The van der Waals surface area contributed by atoms with Gasteiger partial charge in [-0.3, -0.25) is 14.5 Å². The van der Waals surface area contributed by atoms with Crippen LogP contribution >= 0.6 is 11.3 Å². The molecule has 0 unspecified atom stereocenters. The number of aliphatic carboxylic acids is 2. The Kier molecular flexibility index (Phi) is 11.3. The first kappa shape index (κ1) is 31.2. The number of ketones is 1. The van der Waals surface area contributed by atoms with E-state index in [1.807, 2.05) is 23.3 Å². The first-order valence-electron chi connectivity index (χ1n) is 12.9. The zero-order valence-corrected chi connectivity index (χ0v) is 23.4. The number of carbonyl (C=O) groups excluding carboxylic acids is 2. The van der Waals surface area contributed by atoms with Crippen LogP contribution in [0.3, 0.4) is 0 Å².